The summed E-state index contributed by atoms with van der Waals surface area (Å²) in [6.07, 6.45) is -5.04. The molecule has 2 aromatic rings. The van der Waals surface area contributed by atoms with Gasteiger partial charge in [-0.1, -0.05) is 34.6 Å². The summed E-state index contributed by atoms with van der Waals surface area (Å²) in [7, 11) is -0.938. The van der Waals surface area contributed by atoms with Crippen LogP contribution in [0.2, 0.25) is 0 Å². The number of methoxy groups -OCH3 is 3. The second kappa shape index (κ2) is 25.8. The second-order valence-corrected chi connectivity index (χ2v) is 25.4. The molecule has 67 heavy (non-hydrogen) atoms. The Hall–Kier alpha value is -4.46. The summed E-state index contributed by atoms with van der Waals surface area (Å²) in [5.41, 5.74) is -1.91. The van der Waals surface area contributed by atoms with Crippen LogP contribution in [-0.2, 0) is 61.5 Å². The summed E-state index contributed by atoms with van der Waals surface area (Å²) in [6, 6.07) is 0. The first kappa shape index (κ1) is 58.7. The lowest BCUT2D eigenvalue weighted by Crippen LogP contribution is -2.42. The molecule has 0 spiro atoms. The Balaban J connectivity index is 0.000000426. The van der Waals surface area contributed by atoms with E-state index in [0.717, 1.165) is 10.5 Å². The molecular formula is C43H70N4O18P2. The van der Waals surface area contributed by atoms with Crippen molar-refractivity contribution < 1.29 is 66.6 Å². The Bertz CT molecular complexity index is 2340. The van der Waals surface area contributed by atoms with Crippen molar-refractivity contribution >= 4 is 38.2 Å². The van der Waals surface area contributed by atoms with Crippen LogP contribution in [0.15, 0.2) is 31.6 Å². The van der Waals surface area contributed by atoms with Crippen LogP contribution < -0.4 is 22.5 Å². The zero-order valence-corrected chi connectivity index (χ0v) is 42.7. The maximum Gasteiger partial charge on any atom is 0.330 e. The van der Waals surface area contributed by atoms with Crippen LogP contribution in [-0.4, -0.2) is 145 Å². The highest BCUT2D eigenvalue weighted by Crippen LogP contribution is 2.45. The van der Waals surface area contributed by atoms with E-state index in [1.54, 1.807) is 40.5 Å². The zero-order chi connectivity index (χ0) is 51.3. The molecule has 0 unspecified atom stereocenters. The van der Waals surface area contributed by atoms with Gasteiger partial charge in [-0.25, -0.2) is 9.59 Å². The largest absolute Gasteiger partial charge is 0.481 e. The standard InChI is InChI=1S/C20H31N2O9P.C19H29N2O9P.C4H10/c1-11-9-22(20(26)21-18(11)25)19-17(29-4)16(30-14(24)8-7-13(23)28-3)15(31-19)12(2)10-32(5,6)27;1-10-8-21(19(26)20-17(10)25)18-16(28-3)15(29-13(24)7-6-12(22)23)14(30-18)11(2)9-31(4,5)27;1-4(2)3/h9,12,15-17,19H,7-8,10H2,1-6H3,(H,21,25,26);8,11,14-16,18H,6-7,9H2,1-5H3,(H,22,23)(H,20,25,26);4H,1-3H3/t12-,15-,16-,17-,19-;11-,14-,15-,16-,18-;/m11./s1. The van der Waals surface area contributed by atoms with Gasteiger partial charge in [0.2, 0.25) is 0 Å². The van der Waals surface area contributed by atoms with E-state index in [0.29, 0.717) is 12.3 Å². The number of hydrogen-bond acceptors (Lipinski definition) is 17. The third kappa shape index (κ3) is 18.2. The van der Waals surface area contributed by atoms with Crippen LogP contribution in [0.1, 0.15) is 83.9 Å². The first-order valence-corrected chi connectivity index (χ1v) is 27.3. The number of carboxylic acids is 1. The van der Waals surface area contributed by atoms with Gasteiger partial charge >= 0.3 is 35.3 Å². The molecule has 4 rings (SSSR count). The second-order valence-electron chi connectivity index (χ2n) is 18.4. The van der Waals surface area contributed by atoms with Crippen LogP contribution in [0.4, 0.5) is 0 Å². The highest BCUT2D eigenvalue weighted by atomic mass is 31.2. The summed E-state index contributed by atoms with van der Waals surface area (Å²) in [6.45, 7) is 19.7. The van der Waals surface area contributed by atoms with Crippen LogP contribution in [0.25, 0.3) is 0 Å². The molecule has 22 nitrogen and oxygen atoms in total. The fraction of sp³-hybridized carbons (Fsp3) is 0.721. The number of hydrogen-bond donors (Lipinski definition) is 3. The maximum atomic E-state index is 12.5. The van der Waals surface area contributed by atoms with Gasteiger partial charge in [-0.15, -0.1) is 0 Å². The minimum atomic E-state index is -2.46. The summed E-state index contributed by atoms with van der Waals surface area (Å²) in [4.78, 5) is 99.6. The van der Waals surface area contributed by atoms with Gasteiger partial charge in [0.15, 0.2) is 24.7 Å². The van der Waals surface area contributed by atoms with Crippen molar-refractivity contribution in [1.29, 1.82) is 0 Å². The lowest BCUT2D eigenvalue weighted by atomic mass is 9.99. The van der Waals surface area contributed by atoms with Crippen molar-refractivity contribution in [2.75, 3.05) is 60.3 Å². The van der Waals surface area contributed by atoms with Crippen molar-refractivity contribution in [2.24, 2.45) is 17.8 Å². The Morgan fingerprint density at radius 2 is 0.955 bits per heavy atom. The summed E-state index contributed by atoms with van der Waals surface area (Å²) >= 11 is 0. The lowest BCUT2D eigenvalue weighted by Gasteiger charge is -2.27. The number of nitrogens with one attached hydrogen (secondary N) is 2. The molecule has 10 atom stereocenters. The van der Waals surface area contributed by atoms with Crippen LogP contribution in [0.5, 0.6) is 0 Å². The predicted octanol–water partition coefficient (Wildman–Crippen LogP) is 3.34. The van der Waals surface area contributed by atoms with Gasteiger partial charge in [-0.3, -0.25) is 47.9 Å². The van der Waals surface area contributed by atoms with E-state index in [4.69, 9.17) is 33.5 Å². The number of carbonyl (C=O) groups is 4. The average molecular weight is 993 g/mol. The molecule has 24 heteroatoms. The van der Waals surface area contributed by atoms with Gasteiger partial charge < -0.3 is 47.4 Å². The number of carboxylic acid groups (broad SMARTS) is 1. The highest BCUT2D eigenvalue weighted by molar-refractivity contribution is 7.62. The number of aryl methyl sites for hydroxylation is 2. The van der Waals surface area contributed by atoms with Crippen molar-refractivity contribution in [3.8, 4) is 0 Å². The molecule has 3 N–H and O–H groups in total. The molecule has 380 valence electrons. The topological polar surface area (TPSA) is 297 Å². The Labute approximate surface area is 389 Å². The average Bonchev–Trinajstić information content (AvgIpc) is 3.75. The molecule has 0 aliphatic carbocycles. The predicted molar refractivity (Wildman–Crippen MR) is 247 cm³/mol. The first-order valence-electron chi connectivity index (χ1n) is 21.7. The van der Waals surface area contributed by atoms with E-state index < -0.39 is 116 Å². The van der Waals surface area contributed by atoms with Crippen molar-refractivity contribution in [1.82, 2.24) is 19.1 Å². The number of nitrogens with zero attached hydrogens (tertiary/aromatic N) is 2. The maximum absolute atomic E-state index is 12.5. The summed E-state index contributed by atoms with van der Waals surface area (Å²) < 4.78 is 66.1. The number of rotatable bonds is 18. The van der Waals surface area contributed by atoms with Gasteiger partial charge in [0, 0.05) is 50.1 Å². The minimum absolute atomic E-state index is 0.151. The summed E-state index contributed by atoms with van der Waals surface area (Å²) in [5.74, 6) is -2.92. The van der Waals surface area contributed by atoms with Crippen LogP contribution in [0, 0.1) is 31.6 Å². The molecule has 2 aromatic heterocycles. The normalized spacial score (nSPS) is 23.5. The number of aliphatic carboxylic acids is 1. The molecule has 0 aromatic carbocycles. The Morgan fingerprint density at radius 1 is 0.627 bits per heavy atom. The molecule has 4 heterocycles. The van der Waals surface area contributed by atoms with Gasteiger partial charge in [0.1, 0.15) is 24.4 Å². The van der Waals surface area contributed by atoms with E-state index in [9.17, 15) is 47.5 Å². The molecular weight excluding hydrogens is 922 g/mol. The number of aromatic amines is 2. The Kier molecular flexibility index (Phi) is 22.6. The summed E-state index contributed by atoms with van der Waals surface area (Å²) in [5, 5.41) is 8.80. The Morgan fingerprint density at radius 3 is 1.25 bits per heavy atom. The fourth-order valence-corrected chi connectivity index (χ4v) is 10.7. The SMILES string of the molecule is CC(C)C.COC(=O)CCC(=O)O[C@H]1[C@@H](OC)[C@H](n2cc(C)c(=O)[nH]c2=O)O[C@@H]1[C@H](C)CP(C)(C)=O.CO[C@@H]1[C@H](OC(=O)CCC(=O)O)[C@@H]([C@H](C)CP(C)(C)=O)O[C@H]1n1cc(C)c(=O)[nH]c1=O. The van der Waals surface area contributed by atoms with Crippen molar-refractivity contribution in [2.45, 2.75) is 123 Å². The van der Waals surface area contributed by atoms with E-state index in [1.807, 2.05) is 6.92 Å². The number of carbonyl (C=O) groups excluding carboxylic acids is 3. The lowest BCUT2D eigenvalue weighted by molar-refractivity contribution is -0.160. The van der Waals surface area contributed by atoms with Crippen LogP contribution >= 0.6 is 14.3 Å². The van der Waals surface area contributed by atoms with Crippen molar-refractivity contribution in [3.05, 3.63) is 65.2 Å². The molecule has 2 aliphatic rings. The number of esters is 3. The van der Waals surface area contributed by atoms with Gasteiger partial charge in [-0.05, 0) is 58.3 Å². The molecule has 2 fully saturated rings. The minimum Gasteiger partial charge on any atom is -0.481 e. The van der Waals surface area contributed by atoms with Gasteiger partial charge in [0.05, 0.1) is 47.1 Å². The van der Waals surface area contributed by atoms with Crippen LogP contribution in [0.3, 0.4) is 0 Å². The molecule has 2 aliphatic heterocycles. The molecule has 0 bridgehead atoms. The third-order valence-corrected chi connectivity index (χ3v) is 13.2. The molecule has 0 saturated carbocycles. The highest BCUT2D eigenvalue weighted by Gasteiger charge is 2.52. The first-order chi connectivity index (χ1) is 30.9. The molecule has 0 radical (unpaired) electrons. The quantitative estimate of drug-likeness (QED) is 0.110. The number of H-pyrrole nitrogens is 2. The monoisotopic (exact) mass is 992 g/mol. The third-order valence-electron chi connectivity index (χ3n) is 10.3. The van der Waals surface area contributed by atoms with E-state index >= 15 is 0 Å². The fourth-order valence-electron chi connectivity index (χ4n) is 7.54. The number of aromatic nitrogens is 4. The zero-order valence-electron chi connectivity index (χ0n) is 40.9. The number of ether oxygens (including phenoxy) is 7. The molecule has 0 amide bonds. The van der Waals surface area contributed by atoms with Gasteiger partial charge in [-0.2, -0.15) is 0 Å². The van der Waals surface area contributed by atoms with E-state index in [2.05, 4.69) is 35.5 Å². The van der Waals surface area contributed by atoms with E-state index in [-0.39, 0.29) is 42.2 Å². The van der Waals surface area contributed by atoms with Crippen molar-refractivity contribution in [3.63, 3.8) is 0 Å². The van der Waals surface area contributed by atoms with E-state index in [1.165, 1.54) is 45.2 Å². The smallest absolute Gasteiger partial charge is 0.330 e. The molecule has 2 saturated heterocycles. The van der Waals surface area contributed by atoms with Gasteiger partial charge in [0.25, 0.3) is 11.1 Å².